The highest BCUT2D eigenvalue weighted by atomic mass is 32.2. The summed E-state index contributed by atoms with van der Waals surface area (Å²) >= 11 is 4.75. The SMILES string of the molecule is O=C(CCCCNC(=O)CCCC[C@@H]1SC[C@@H]2NC(=O)N[C@@H]21)NCCCCCNC(=O)Cc1ccc2nc(C3=N[C@@H](C(=O)O)CS3)sc2c1. The zero-order valence-electron chi connectivity index (χ0n) is 27.5. The number of nitrogens with zero attached hydrogens (tertiary/aromatic N) is 2. The maximum absolute atomic E-state index is 12.5. The van der Waals surface area contributed by atoms with Crippen LogP contribution in [0, 0.1) is 0 Å². The number of aliphatic carboxylic acids is 1. The lowest BCUT2D eigenvalue weighted by atomic mass is 10.0. The molecule has 0 aliphatic carbocycles. The maximum atomic E-state index is 12.5. The minimum Gasteiger partial charge on any atom is -0.480 e. The molecule has 266 valence electrons. The normalized spacial score (nSPS) is 21.1. The molecule has 16 heteroatoms. The van der Waals surface area contributed by atoms with Gasteiger partial charge in [-0.25, -0.2) is 14.6 Å². The fourth-order valence-electron chi connectivity index (χ4n) is 6.01. The molecule has 2 saturated heterocycles. The van der Waals surface area contributed by atoms with Crippen molar-refractivity contribution in [3.63, 3.8) is 0 Å². The molecule has 5 rings (SSSR count). The van der Waals surface area contributed by atoms with E-state index in [0.717, 1.165) is 72.9 Å². The van der Waals surface area contributed by atoms with Crippen LogP contribution in [-0.4, -0.2) is 99.4 Å². The van der Waals surface area contributed by atoms with Crippen molar-refractivity contribution in [1.82, 2.24) is 31.6 Å². The summed E-state index contributed by atoms with van der Waals surface area (Å²) in [6, 6.07) is 5.37. The molecule has 1 aromatic carbocycles. The van der Waals surface area contributed by atoms with Gasteiger partial charge in [-0.2, -0.15) is 11.8 Å². The second-order valence-corrected chi connectivity index (χ2v) is 15.8. The molecule has 49 heavy (non-hydrogen) atoms. The van der Waals surface area contributed by atoms with Crippen molar-refractivity contribution < 1.29 is 29.1 Å². The van der Waals surface area contributed by atoms with E-state index in [9.17, 15) is 29.1 Å². The van der Waals surface area contributed by atoms with Crippen LogP contribution in [0.4, 0.5) is 4.79 Å². The standard InChI is InChI=1S/C33H45N7O6S3/c41-26(9-3-2-8-24-29-22(18-47-24)39-33(46)40-29)35-15-7-4-10-27(42)34-13-5-1-6-14-36-28(43)17-20-11-12-21-25(16-20)49-31(37-21)30-38-23(19-48-30)32(44)45/h11-12,16,22-24,29H,1-10,13-15,17-19H2,(H,34,42)(H,35,41)(H,36,43)(H,44,45)(H2,39,40,46)/t22-,23+,24-,29-/m0/s1. The lowest BCUT2D eigenvalue weighted by Crippen LogP contribution is -2.36. The Morgan fingerprint density at radius 3 is 2.27 bits per heavy atom. The summed E-state index contributed by atoms with van der Waals surface area (Å²) in [5.41, 5.74) is 1.69. The Morgan fingerprint density at radius 1 is 0.857 bits per heavy atom. The fraction of sp³-hybridized carbons (Fsp3) is 0.606. The van der Waals surface area contributed by atoms with E-state index in [0.29, 0.717) is 53.5 Å². The number of aromatic nitrogens is 1. The molecule has 3 aliphatic rings. The number of amides is 5. The van der Waals surface area contributed by atoms with Gasteiger partial charge in [-0.15, -0.1) is 23.1 Å². The Kier molecular flexibility index (Phi) is 14.0. The molecule has 0 spiro atoms. The van der Waals surface area contributed by atoms with Gasteiger partial charge in [0.25, 0.3) is 0 Å². The molecule has 1 aromatic heterocycles. The largest absolute Gasteiger partial charge is 0.480 e. The van der Waals surface area contributed by atoms with Crippen molar-refractivity contribution in [2.75, 3.05) is 31.1 Å². The number of carbonyl (C=O) groups is 5. The van der Waals surface area contributed by atoms with Gasteiger partial charge in [0.1, 0.15) is 10.1 Å². The zero-order valence-corrected chi connectivity index (χ0v) is 29.9. The summed E-state index contributed by atoms with van der Waals surface area (Å²) in [6.45, 7) is 1.75. The van der Waals surface area contributed by atoms with E-state index in [-0.39, 0.29) is 42.3 Å². The first-order valence-electron chi connectivity index (χ1n) is 17.1. The van der Waals surface area contributed by atoms with Crippen molar-refractivity contribution in [3.8, 4) is 0 Å². The predicted molar refractivity (Wildman–Crippen MR) is 194 cm³/mol. The van der Waals surface area contributed by atoms with Crippen molar-refractivity contribution in [2.45, 2.75) is 94.0 Å². The van der Waals surface area contributed by atoms with Gasteiger partial charge in [0.2, 0.25) is 17.7 Å². The van der Waals surface area contributed by atoms with Crippen LogP contribution in [-0.2, 0) is 25.6 Å². The minimum absolute atomic E-state index is 0.0183. The molecule has 0 saturated carbocycles. The first-order chi connectivity index (χ1) is 23.7. The molecule has 4 atom stereocenters. The molecule has 0 unspecified atom stereocenters. The number of carboxylic acids is 1. The number of thioether (sulfide) groups is 2. The van der Waals surface area contributed by atoms with Crippen LogP contribution in [0.25, 0.3) is 10.2 Å². The number of fused-ring (bicyclic) bond motifs is 2. The van der Waals surface area contributed by atoms with Crippen LogP contribution in [0.1, 0.15) is 74.8 Å². The topological polar surface area (TPSA) is 191 Å². The molecule has 2 aromatic rings. The molecule has 0 bridgehead atoms. The van der Waals surface area contributed by atoms with Gasteiger partial charge in [-0.3, -0.25) is 19.4 Å². The fourth-order valence-corrected chi connectivity index (χ4v) is 9.68. The molecule has 13 nitrogen and oxygen atoms in total. The van der Waals surface area contributed by atoms with Gasteiger partial charge in [0, 0.05) is 49.2 Å². The van der Waals surface area contributed by atoms with Crippen LogP contribution in [0.15, 0.2) is 23.2 Å². The Labute approximate surface area is 298 Å². The lowest BCUT2D eigenvalue weighted by molar-refractivity contribution is -0.137. The third-order valence-corrected chi connectivity index (χ3v) is 12.4. The second-order valence-electron chi connectivity index (χ2n) is 12.5. The smallest absolute Gasteiger partial charge is 0.329 e. The van der Waals surface area contributed by atoms with Gasteiger partial charge in [0.15, 0.2) is 6.04 Å². The van der Waals surface area contributed by atoms with Crippen LogP contribution < -0.4 is 26.6 Å². The number of hydrogen-bond acceptors (Lipinski definition) is 10. The maximum Gasteiger partial charge on any atom is 0.329 e. The Morgan fingerprint density at radius 2 is 1.55 bits per heavy atom. The number of nitrogens with one attached hydrogen (secondary N) is 5. The average molecular weight is 732 g/mol. The molecule has 2 fully saturated rings. The van der Waals surface area contributed by atoms with E-state index in [4.69, 9.17) is 0 Å². The van der Waals surface area contributed by atoms with Crippen molar-refractivity contribution in [3.05, 3.63) is 28.8 Å². The first kappa shape index (κ1) is 36.9. The highest BCUT2D eigenvalue weighted by Crippen LogP contribution is 2.33. The highest BCUT2D eigenvalue weighted by Gasteiger charge is 2.42. The van der Waals surface area contributed by atoms with Crippen molar-refractivity contribution in [2.24, 2.45) is 4.99 Å². The molecular weight excluding hydrogens is 687 g/mol. The summed E-state index contributed by atoms with van der Waals surface area (Å²) in [7, 11) is 0. The van der Waals surface area contributed by atoms with Gasteiger partial charge >= 0.3 is 12.0 Å². The lowest BCUT2D eigenvalue weighted by Gasteiger charge is -2.16. The highest BCUT2D eigenvalue weighted by molar-refractivity contribution is 8.15. The monoisotopic (exact) mass is 731 g/mol. The predicted octanol–water partition coefficient (Wildman–Crippen LogP) is 3.20. The molecule has 6 N–H and O–H groups in total. The van der Waals surface area contributed by atoms with Crippen LogP contribution in [0.2, 0.25) is 0 Å². The van der Waals surface area contributed by atoms with Crippen LogP contribution >= 0.6 is 34.9 Å². The number of unbranched alkanes of at least 4 members (excludes halogenated alkanes) is 4. The number of urea groups is 1. The van der Waals surface area contributed by atoms with Gasteiger partial charge in [0.05, 0.1) is 28.7 Å². The Bertz CT molecular complexity index is 1540. The number of hydrogen-bond donors (Lipinski definition) is 6. The van der Waals surface area contributed by atoms with E-state index in [1.807, 2.05) is 30.0 Å². The number of carboxylic acid groups (broad SMARTS) is 1. The van der Waals surface area contributed by atoms with Gasteiger partial charge < -0.3 is 31.7 Å². The molecular formula is C33H45N7O6S3. The molecule has 3 aliphatic heterocycles. The zero-order chi connectivity index (χ0) is 34.6. The summed E-state index contributed by atoms with van der Waals surface area (Å²) in [5, 5.41) is 25.8. The van der Waals surface area contributed by atoms with E-state index in [2.05, 4.69) is 36.6 Å². The van der Waals surface area contributed by atoms with E-state index in [1.54, 1.807) is 0 Å². The Hall–Kier alpha value is -3.37. The molecule has 4 heterocycles. The number of rotatable bonds is 20. The van der Waals surface area contributed by atoms with Crippen molar-refractivity contribution in [1.29, 1.82) is 0 Å². The summed E-state index contributed by atoms with van der Waals surface area (Å²) in [6.07, 6.45) is 8.03. The van der Waals surface area contributed by atoms with Crippen molar-refractivity contribution >= 4 is 79.8 Å². The third-order valence-electron chi connectivity index (χ3n) is 8.67. The van der Waals surface area contributed by atoms with Gasteiger partial charge in [-0.05, 0) is 62.6 Å². The third kappa shape index (κ3) is 11.3. The van der Waals surface area contributed by atoms with Gasteiger partial charge in [-0.1, -0.05) is 12.5 Å². The minimum atomic E-state index is -0.928. The van der Waals surface area contributed by atoms with E-state index >= 15 is 0 Å². The second kappa shape index (κ2) is 18.6. The average Bonchev–Trinajstić information content (AvgIpc) is 3.87. The number of benzene rings is 1. The van der Waals surface area contributed by atoms with Crippen LogP contribution in [0.3, 0.4) is 0 Å². The molecule has 5 amide bonds. The summed E-state index contributed by atoms with van der Waals surface area (Å²) in [4.78, 5) is 68.3. The number of thiazole rings is 1. The van der Waals surface area contributed by atoms with E-state index < -0.39 is 12.0 Å². The number of aliphatic imine (C=N–C) groups is 1. The van der Waals surface area contributed by atoms with Crippen LogP contribution in [0.5, 0.6) is 0 Å². The number of carbonyl (C=O) groups excluding carboxylic acids is 4. The quantitative estimate of drug-likeness (QED) is 0.0878. The summed E-state index contributed by atoms with van der Waals surface area (Å²) < 4.78 is 0.936. The first-order valence-corrected chi connectivity index (χ1v) is 19.9. The Balaban J connectivity index is 0.828. The summed E-state index contributed by atoms with van der Waals surface area (Å²) in [5.74, 6) is 0.450. The molecule has 0 radical (unpaired) electrons. The van der Waals surface area contributed by atoms with E-state index in [1.165, 1.54) is 23.1 Å².